The van der Waals surface area contributed by atoms with Gasteiger partial charge in [-0.05, 0) is 59.1 Å². The highest BCUT2D eigenvalue weighted by atomic mass is 16.6. The van der Waals surface area contributed by atoms with Crippen molar-refractivity contribution in [1.29, 1.82) is 0 Å². The Labute approximate surface area is 169 Å². The van der Waals surface area contributed by atoms with E-state index in [-0.39, 0.29) is 18.1 Å². The normalized spacial score (nSPS) is 20.0. The third-order valence-corrected chi connectivity index (χ3v) is 5.25. The number of hydrogen-bond donors (Lipinski definition) is 1. The predicted octanol–water partition coefficient (Wildman–Crippen LogP) is 4.24. The van der Waals surface area contributed by atoms with E-state index in [0.717, 1.165) is 54.0 Å². The largest absolute Gasteiger partial charge is 0.444 e. The van der Waals surface area contributed by atoms with Gasteiger partial charge in [-0.25, -0.2) is 4.79 Å². The summed E-state index contributed by atoms with van der Waals surface area (Å²) in [6.07, 6.45) is 7.12. The van der Waals surface area contributed by atoms with Crippen LogP contribution in [0.3, 0.4) is 0 Å². The first kappa shape index (κ1) is 19.4. The number of pyridine rings is 1. The molecule has 8 heteroatoms. The van der Waals surface area contributed by atoms with E-state index in [9.17, 15) is 4.79 Å². The lowest BCUT2D eigenvalue weighted by Gasteiger charge is -2.30. The Morgan fingerprint density at radius 3 is 2.83 bits per heavy atom. The van der Waals surface area contributed by atoms with Crippen LogP contribution in [0, 0.1) is 6.92 Å². The van der Waals surface area contributed by atoms with Crippen LogP contribution in [0.5, 0.6) is 0 Å². The van der Waals surface area contributed by atoms with Gasteiger partial charge in [-0.2, -0.15) is 0 Å². The molecule has 0 unspecified atom stereocenters. The van der Waals surface area contributed by atoms with E-state index in [1.54, 1.807) is 6.26 Å². The fourth-order valence-electron chi connectivity index (χ4n) is 3.95. The van der Waals surface area contributed by atoms with Crippen molar-refractivity contribution in [2.75, 3.05) is 0 Å². The van der Waals surface area contributed by atoms with E-state index in [0.29, 0.717) is 0 Å². The molecule has 1 saturated carbocycles. The minimum Gasteiger partial charge on any atom is -0.444 e. The molecule has 0 radical (unpaired) electrons. The van der Waals surface area contributed by atoms with Gasteiger partial charge in [-0.1, -0.05) is 11.6 Å². The summed E-state index contributed by atoms with van der Waals surface area (Å²) in [7, 11) is 0. The van der Waals surface area contributed by atoms with Gasteiger partial charge in [0.2, 0.25) is 0 Å². The van der Waals surface area contributed by atoms with Gasteiger partial charge >= 0.3 is 6.09 Å². The summed E-state index contributed by atoms with van der Waals surface area (Å²) in [5, 5.41) is 15.8. The number of alkyl carbamates (subject to hydrolysis) is 1. The molecule has 3 aromatic heterocycles. The van der Waals surface area contributed by atoms with E-state index < -0.39 is 5.60 Å². The first-order valence-electron chi connectivity index (χ1n) is 10.1. The molecule has 8 nitrogen and oxygen atoms in total. The number of rotatable bonds is 3. The maximum atomic E-state index is 12.2. The number of carbonyl (C=O) groups excluding carboxylic acids is 1. The second-order valence-corrected chi connectivity index (χ2v) is 8.72. The highest BCUT2D eigenvalue weighted by Crippen LogP contribution is 2.33. The second kappa shape index (κ2) is 7.50. The summed E-state index contributed by atoms with van der Waals surface area (Å²) in [4.78, 5) is 12.2. The van der Waals surface area contributed by atoms with Gasteiger partial charge in [0.1, 0.15) is 17.7 Å². The molecule has 0 saturated heterocycles. The molecule has 0 spiro atoms. The predicted molar refractivity (Wildman–Crippen MR) is 108 cm³/mol. The van der Waals surface area contributed by atoms with Crippen LogP contribution >= 0.6 is 0 Å². The van der Waals surface area contributed by atoms with Gasteiger partial charge in [0.25, 0.3) is 0 Å². The summed E-state index contributed by atoms with van der Waals surface area (Å²) < 4.78 is 12.5. The van der Waals surface area contributed by atoms with E-state index in [2.05, 4.69) is 20.7 Å². The Balaban J connectivity index is 1.54. The van der Waals surface area contributed by atoms with Crippen molar-refractivity contribution in [2.24, 2.45) is 0 Å². The maximum absolute atomic E-state index is 12.2. The molecule has 0 aliphatic heterocycles. The SMILES string of the molecule is Cc1nocc1-c1ccc2nnc([C@H]3CCC[C@@H](NC(=O)OC(C)(C)C)C3)n2c1. The van der Waals surface area contributed by atoms with Crippen molar-refractivity contribution in [2.45, 2.75) is 70.9 Å². The van der Waals surface area contributed by atoms with Crippen LogP contribution < -0.4 is 5.32 Å². The molecular formula is C21H27N5O3. The number of ether oxygens (including phenoxy) is 1. The number of aromatic nitrogens is 4. The number of nitrogens with one attached hydrogen (secondary N) is 1. The summed E-state index contributed by atoms with van der Waals surface area (Å²) in [6, 6.07) is 4.03. The molecule has 1 aliphatic carbocycles. The Kier molecular flexibility index (Phi) is 5.02. The van der Waals surface area contributed by atoms with Crippen molar-refractivity contribution in [3.8, 4) is 11.1 Å². The van der Waals surface area contributed by atoms with E-state index in [1.807, 2.05) is 50.4 Å². The minimum absolute atomic E-state index is 0.0689. The molecule has 2 atom stereocenters. The van der Waals surface area contributed by atoms with Gasteiger partial charge in [-0.15, -0.1) is 10.2 Å². The molecule has 154 valence electrons. The Morgan fingerprint density at radius 2 is 2.10 bits per heavy atom. The molecule has 4 rings (SSSR count). The van der Waals surface area contributed by atoms with E-state index >= 15 is 0 Å². The lowest BCUT2D eigenvalue weighted by atomic mass is 9.85. The zero-order valence-corrected chi connectivity index (χ0v) is 17.3. The highest BCUT2D eigenvalue weighted by Gasteiger charge is 2.29. The average molecular weight is 397 g/mol. The molecule has 3 heterocycles. The molecule has 1 N–H and O–H groups in total. The van der Waals surface area contributed by atoms with Crippen molar-refractivity contribution in [1.82, 2.24) is 25.1 Å². The lowest BCUT2D eigenvalue weighted by molar-refractivity contribution is 0.0490. The van der Waals surface area contributed by atoms with Crippen LogP contribution in [0.1, 0.15) is 63.9 Å². The number of nitrogens with zero attached hydrogens (tertiary/aromatic N) is 4. The lowest BCUT2D eigenvalue weighted by Crippen LogP contribution is -2.41. The van der Waals surface area contributed by atoms with Crippen LogP contribution in [0.4, 0.5) is 4.79 Å². The van der Waals surface area contributed by atoms with Gasteiger partial charge < -0.3 is 14.6 Å². The summed E-state index contributed by atoms with van der Waals surface area (Å²) in [6.45, 7) is 7.53. The number of carbonyl (C=O) groups is 1. The number of fused-ring (bicyclic) bond motifs is 1. The summed E-state index contributed by atoms with van der Waals surface area (Å²) >= 11 is 0. The molecule has 1 fully saturated rings. The molecular weight excluding hydrogens is 370 g/mol. The fourth-order valence-corrected chi connectivity index (χ4v) is 3.95. The Morgan fingerprint density at radius 1 is 1.28 bits per heavy atom. The Hall–Kier alpha value is -2.90. The van der Waals surface area contributed by atoms with Gasteiger partial charge in [0, 0.05) is 29.3 Å². The Bertz CT molecular complexity index is 1020. The minimum atomic E-state index is -0.502. The van der Waals surface area contributed by atoms with Crippen LogP contribution in [-0.2, 0) is 4.74 Å². The highest BCUT2D eigenvalue weighted by molar-refractivity contribution is 5.68. The average Bonchev–Trinajstić information content (AvgIpc) is 3.25. The molecule has 3 aromatic rings. The molecule has 0 aromatic carbocycles. The summed E-state index contributed by atoms with van der Waals surface area (Å²) in [5.41, 5.74) is 3.12. The van der Waals surface area contributed by atoms with Crippen molar-refractivity contribution in [3.05, 3.63) is 36.1 Å². The van der Waals surface area contributed by atoms with Crippen LogP contribution in [0.25, 0.3) is 16.8 Å². The maximum Gasteiger partial charge on any atom is 0.407 e. The molecule has 0 bridgehead atoms. The molecule has 1 amide bonds. The van der Waals surface area contributed by atoms with Crippen LogP contribution in [0.2, 0.25) is 0 Å². The van der Waals surface area contributed by atoms with Gasteiger partial charge in [0.05, 0.1) is 5.69 Å². The standard InChI is InChI=1S/C21H27N5O3/c1-13-17(12-28-25-13)15-8-9-18-23-24-19(26(18)11-15)14-6-5-7-16(10-14)22-20(27)29-21(2,3)4/h8-9,11-12,14,16H,5-7,10H2,1-4H3,(H,22,27)/t14-,16+/m0/s1. The van der Waals surface area contributed by atoms with Crippen LogP contribution in [-0.4, -0.2) is 37.5 Å². The van der Waals surface area contributed by atoms with Gasteiger partial charge in [-0.3, -0.25) is 4.40 Å². The monoisotopic (exact) mass is 397 g/mol. The molecule has 29 heavy (non-hydrogen) atoms. The topological polar surface area (TPSA) is 94.5 Å². The third-order valence-electron chi connectivity index (χ3n) is 5.25. The fraction of sp³-hybridized carbons (Fsp3) is 0.524. The molecule has 1 aliphatic rings. The van der Waals surface area contributed by atoms with Crippen molar-refractivity contribution < 1.29 is 14.1 Å². The zero-order valence-electron chi connectivity index (χ0n) is 17.3. The first-order chi connectivity index (χ1) is 13.8. The van der Waals surface area contributed by atoms with Gasteiger partial charge in [0.15, 0.2) is 5.65 Å². The third kappa shape index (κ3) is 4.26. The van der Waals surface area contributed by atoms with Crippen molar-refractivity contribution in [3.63, 3.8) is 0 Å². The zero-order chi connectivity index (χ0) is 20.6. The quantitative estimate of drug-likeness (QED) is 0.710. The number of aryl methyl sites for hydroxylation is 1. The summed E-state index contributed by atoms with van der Waals surface area (Å²) in [5.74, 6) is 1.14. The van der Waals surface area contributed by atoms with Crippen molar-refractivity contribution >= 4 is 11.7 Å². The number of hydrogen-bond acceptors (Lipinski definition) is 6. The first-order valence-corrected chi connectivity index (χ1v) is 10.1. The van der Waals surface area contributed by atoms with E-state index in [4.69, 9.17) is 9.26 Å². The smallest absolute Gasteiger partial charge is 0.407 e. The number of amides is 1. The van der Waals surface area contributed by atoms with Crippen LogP contribution in [0.15, 0.2) is 29.1 Å². The van der Waals surface area contributed by atoms with E-state index in [1.165, 1.54) is 0 Å². The second-order valence-electron chi connectivity index (χ2n) is 8.72.